The number of sulfonamides is 1. The minimum atomic E-state index is -3.82. The largest absolute Gasteiger partial charge is 0.494 e. The molecule has 0 unspecified atom stereocenters. The van der Waals surface area contributed by atoms with Crippen LogP contribution < -0.4 is 9.46 Å². The summed E-state index contributed by atoms with van der Waals surface area (Å²) in [5.41, 5.74) is 0. The summed E-state index contributed by atoms with van der Waals surface area (Å²) in [5, 5.41) is 8.48. The number of rotatable bonds is 7. The third-order valence-electron chi connectivity index (χ3n) is 2.34. The van der Waals surface area contributed by atoms with Gasteiger partial charge in [0, 0.05) is 0 Å². The summed E-state index contributed by atoms with van der Waals surface area (Å²) >= 11 is 0. The molecule has 0 saturated carbocycles. The van der Waals surface area contributed by atoms with Gasteiger partial charge in [-0.2, -0.15) is 9.98 Å². The lowest BCUT2D eigenvalue weighted by atomic mass is 10.3. The molecule has 0 heterocycles. The number of nitriles is 1. The monoisotopic (exact) mass is 312 g/mol. The molecule has 0 spiro atoms. The average Bonchev–Trinajstić information content (AvgIpc) is 2.46. The van der Waals surface area contributed by atoms with E-state index in [9.17, 15) is 13.2 Å². The smallest absolute Gasteiger partial charge is 0.322 e. The maximum atomic E-state index is 11.9. The summed E-state index contributed by atoms with van der Waals surface area (Å²) in [6.45, 7) is 3.15. The van der Waals surface area contributed by atoms with Crippen LogP contribution in [0.3, 0.4) is 0 Å². The van der Waals surface area contributed by atoms with E-state index in [4.69, 9.17) is 10.00 Å². The van der Waals surface area contributed by atoms with Crippen LogP contribution in [-0.4, -0.2) is 33.6 Å². The molecule has 0 amide bonds. The Morgan fingerprint density at radius 1 is 1.38 bits per heavy atom. The van der Waals surface area contributed by atoms with Gasteiger partial charge in [0.2, 0.25) is 10.0 Å². The molecule has 21 heavy (non-hydrogen) atoms. The fourth-order valence-electron chi connectivity index (χ4n) is 1.38. The molecule has 0 aliphatic heterocycles. The standard InChI is InChI=1S/C13H16N2O5S/c1-3-19-11-4-6-12(7-5-11)21(17,18)15-9-13(16)20-10(2)8-14/h4-7,10,15H,3,9H2,1-2H3/t10-/m1/s1. The lowest BCUT2D eigenvalue weighted by molar-refractivity contribution is -0.144. The van der Waals surface area contributed by atoms with Crippen molar-refractivity contribution in [3.63, 3.8) is 0 Å². The van der Waals surface area contributed by atoms with Gasteiger partial charge in [0.05, 0.1) is 11.5 Å². The third kappa shape index (κ3) is 5.41. The number of nitrogens with zero attached hydrogens (tertiary/aromatic N) is 1. The summed E-state index contributed by atoms with van der Waals surface area (Å²) in [5.74, 6) is -0.266. The number of esters is 1. The first kappa shape index (κ1) is 16.9. The second-order valence-corrected chi connectivity index (χ2v) is 5.76. The molecule has 0 aromatic heterocycles. The van der Waals surface area contributed by atoms with Crippen molar-refractivity contribution in [2.24, 2.45) is 0 Å². The molecule has 0 aliphatic rings. The number of ether oxygens (including phenoxy) is 2. The van der Waals surface area contributed by atoms with Crippen molar-refractivity contribution in [3.8, 4) is 11.8 Å². The van der Waals surface area contributed by atoms with E-state index >= 15 is 0 Å². The van der Waals surface area contributed by atoms with Crippen molar-refractivity contribution in [1.82, 2.24) is 4.72 Å². The highest BCUT2D eigenvalue weighted by molar-refractivity contribution is 7.89. The quantitative estimate of drug-likeness (QED) is 0.747. The Morgan fingerprint density at radius 3 is 2.52 bits per heavy atom. The van der Waals surface area contributed by atoms with Crippen molar-refractivity contribution >= 4 is 16.0 Å². The molecule has 1 aromatic rings. The molecule has 0 aliphatic carbocycles. The Balaban J connectivity index is 2.65. The van der Waals surface area contributed by atoms with E-state index in [0.29, 0.717) is 12.4 Å². The molecule has 1 rings (SSSR count). The van der Waals surface area contributed by atoms with E-state index < -0.39 is 28.6 Å². The molecule has 8 heteroatoms. The number of carbonyl (C=O) groups excluding carboxylic acids is 1. The Morgan fingerprint density at radius 2 is 2.00 bits per heavy atom. The van der Waals surface area contributed by atoms with Crippen LogP contribution in [0.4, 0.5) is 0 Å². The van der Waals surface area contributed by atoms with E-state index in [0.717, 1.165) is 0 Å². The second-order valence-electron chi connectivity index (χ2n) is 3.99. The summed E-state index contributed by atoms with van der Waals surface area (Å²) in [4.78, 5) is 11.3. The Kier molecular flexibility index (Phi) is 6.14. The lowest BCUT2D eigenvalue weighted by Gasteiger charge is -2.09. The molecule has 1 atom stereocenters. The van der Waals surface area contributed by atoms with E-state index in [1.54, 1.807) is 6.07 Å². The van der Waals surface area contributed by atoms with Gasteiger partial charge in [0.1, 0.15) is 18.4 Å². The SMILES string of the molecule is CCOc1ccc(S(=O)(=O)NCC(=O)O[C@H](C)C#N)cc1. The normalized spacial score (nSPS) is 12.2. The van der Waals surface area contributed by atoms with Gasteiger partial charge < -0.3 is 9.47 Å². The zero-order valence-corrected chi connectivity index (χ0v) is 12.5. The van der Waals surface area contributed by atoms with Crippen LogP contribution in [-0.2, 0) is 19.6 Å². The van der Waals surface area contributed by atoms with Crippen LogP contribution in [0.25, 0.3) is 0 Å². The minimum absolute atomic E-state index is 0.00656. The van der Waals surface area contributed by atoms with Crippen molar-refractivity contribution < 1.29 is 22.7 Å². The van der Waals surface area contributed by atoms with Crippen molar-refractivity contribution in [1.29, 1.82) is 5.26 Å². The van der Waals surface area contributed by atoms with Crippen molar-refractivity contribution in [2.45, 2.75) is 24.8 Å². The first-order valence-electron chi connectivity index (χ1n) is 6.20. The maximum absolute atomic E-state index is 11.9. The third-order valence-corrected chi connectivity index (χ3v) is 3.76. The van der Waals surface area contributed by atoms with Gasteiger partial charge >= 0.3 is 5.97 Å². The fraction of sp³-hybridized carbons (Fsp3) is 0.385. The molecule has 0 bridgehead atoms. The van der Waals surface area contributed by atoms with Gasteiger partial charge in [-0.05, 0) is 38.1 Å². The van der Waals surface area contributed by atoms with Gasteiger partial charge in [-0.1, -0.05) is 0 Å². The summed E-state index contributed by atoms with van der Waals surface area (Å²) in [7, 11) is -3.82. The number of hydrogen-bond donors (Lipinski definition) is 1. The number of hydrogen-bond acceptors (Lipinski definition) is 6. The summed E-state index contributed by atoms with van der Waals surface area (Å²) in [6, 6.07) is 7.50. The Labute approximate surface area is 123 Å². The zero-order chi connectivity index (χ0) is 15.9. The summed E-state index contributed by atoms with van der Waals surface area (Å²) in [6.07, 6.45) is -0.924. The predicted molar refractivity (Wildman–Crippen MR) is 74.0 cm³/mol. The highest BCUT2D eigenvalue weighted by Gasteiger charge is 2.17. The highest BCUT2D eigenvalue weighted by atomic mass is 32.2. The topological polar surface area (TPSA) is 105 Å². The van der Waals surface area contributed by atoms with Crippen LogP contribution >= 0.6 is 0 Å². The Hall–Kier alpha value is -2.11. The molecular weight excluding hydrogens is 296 g/mol. The van der Waals surface area contributed by atoms with Crippen LogP contribution in [0, 0.1) is 11.3 Å². The lowest BCUT2D eigenvalue weighted by Crippen LogP contribution is -2.32. The molecule has 114 valence electrons. The molecule has 7 nitrogen and oxygen atoms in total. The van der Waals surface area contributed by atoms with E-state index in [1.807, 2.05) is 6.92 Å². The van der Waals surface area contributed by atoms with E-state index in [-0.39, 0.29) is 4.90 Å². The molecule has 0 fully saturated rings. The van der Waals surface area contributed by atoms with Gasteiger partial charge in [0.25, 0.3) is 0 Å². The molecule has 0 saturated heterocycles. The average molecular weight is 312 g/mol. The van der Waals surface area contributed by atoms with Crippen LogP contribution in [0.2, 0.25) is 0 Å². The molecule has 1 aromatic carbocycles. The first-order chi connectivity index (χ1) is 9.89. The van der Waals surface area contributed by atoms with Gasteiger partial charge in [-0.3, -0.25) is 4.79 Å². The summed E-state index contributed by atoms with van der Waals surface area (Å²) < 4.78 is 35.8. The number of nitrogens with one attached hydrogen (secondary N) is 1. The molecular formula is C13H16N2O5S. The molecule has 1 N–H and O–H groups in total. The number of carbonyl (C=O) groups is 1. The molecule has 0 radical (unpaired) electrons. The van der Waals surface area contributed by atoms with Crippen LogP contribution in [0.15, 0.2) is 29.2 Å². The van der Waals surface area contributed by atoms with E-state index in [1.165, 1.54) is 31.2 Å². The second kappa shape index (κ2) is 7.61. The van der Waals surface area contributed by atoms with E-state index in [2.05, 4.69) is 9.46 Å². The van der Waals surface area contributed by atoms with Crippen LogP contribution in [0.5, 0.6) is 5.75 Å². The predicted octanol–water partition coefficient (Wildman–Crippen LogP) is 0.819. The highest BCUT2D eigenvalue weighted by Crippen LogP contribution is 2.15. The van der Waals surface area contributed by atoms with Crippen LogP contribution in [0.1, 0.15) is 13.8 Å². The minimum Gasteiger partial charge on any atom is -0.494 e. The fourth-order valence-corrected chi connectivity index (χ4v) is 2.35. The zero-order valence-electron chi connectivity index (χ0n) is 11.7. The Bertz CT molecular complexity index is 619. The van der Waals surface area contributed by atoms with Crippen molar-refractivity contribution in [3.05, 3.63) is 24.3 Å². The maximum Gasteiger partial charge on any atom is 0.322 e. The number of benzene rings is 1. The van der Waals surface area contributed by atoms with Gasteiger partial charge in [0.15, 0.2) is 6.10 Å². The van der Waals surface area contributed by atoms with Gasteiger partial charge in [-0.15, -0.1) is 0 Å². The van der Waals surface area contributed by atoms with Crippen molar-refractivity contribution in [2.75, 3.05) is 13.2 Å². The van der Waals surface area contributed by atoms with Gasteiger partial charge in [-0.25, -0.2) is 8.42 Å². The first-order valence-corrected chi connectivity index (χ1v) is 7.69.